The lowest BCUT2D eigenvalue weighted by molar-refractivity contribution is 0.0429. The molecule has 0 atom stereocenters. The molecule has 0 aliphatic heterocycles. The highest BCUT2D eigenvalue weighted by atomic mass is 28.3. The van der Waals surface area contributed by atoms with Gasteiger partial charge in [-0.05, 0) is 47.6 Å². The van der Waals surface area contributed by atoms with Crippen molar-refractivity contribution in [3.05, 3.63) is 17.8 Å². The molecular weight excluding hydrogens is 403 g/mol. The van der Waals surface area contributed by atoms with Gasteiger partial charge in [-0.25, -0.2) is 14.6 Å². The molecule has 0 radical (unpaired) electrons. The van der Waals surface area contributed by atoms with Crippen molar-refractivity contribution < 1.29 is 29.1 Å². The number of anilines is 1. The van der Waals surface area contributed by atoms with Crippen LogP contribution in [0.4, 0.5) is 15.4 Å². The summed E-state index contributed by atoms with van der Waals surface area (Å²) in [5, 5.41) is 19.0. The number of hydrogen-bond donors (Lipinski definition) is 2. The number of imide groups is 1. The van der Waals surface area contributed by atoms with E-state index < -0.39 is 38.6 Å². The van der Waals surface area contributed by atoms with Gasteiger partial charge < -0.3 is 19.5 Å². The molecule has 1 heterocycles. The lowest BCUT2D eigenvalue weighted by Gasteiger charge is -2.28. The maximum atomic E-state index is 12.9. The predicted molar refractivity (Wildman–Crippen MR) is 119 cm³/mol. The average Bonchev–Trinajstić information content (AvgIpc) is 2.49. The standard InChI is InChI=1S/C20H31BN2O6Si/c1-19(2,3)28-17(24)23(18(25)29-20(4,5)6)16-14(10-11-30(7,8)9)12-15(13-22-16)21(26)27/h12-13,26-27H,1-9H3. The summed E-state index contributed by atoms with van der Waals surface area (Å²) in [6.45, 7) is 16.1. The Kier molecular flexibility index (Phi) is 7.88. The quantitative estimate of drug-likeness (QED) is 0.544. The summed E-state index contributed by atoms with van der Waals surface area (Å²) in [6, 6.07) is 1.38. The third-order valence-electron chi connectivity index (χ3n) is 3.12. The second-order valence-electron chi connectivity index (χ2n) is 9.81. The van der Waals surface area contributed by atoms with Crippen molar-refractivity contribution in [1.82, 2.24) is 4.98 Å². The number of aromatic nitrogens is 1. The molecule has 0 aliphatic carbocycles. The van der Waals surface area contributed by atoms with Crippen molar-refractivity contribution in [3.63, 3.8) is 0 Å². The van der Waals surface area contributed by atoms with Crippen molar-refractivity contribution in [2.24, 2.45) is 0 Å². The SMILES string of the molecule is CC(C)(C)OC(=O)N(C(=O)OC(C)(C)C)c1ncc(B(O)O)cc1C#C[Si](C)(C)C. The first-order chi connectivity index (χ1) is 13.4. The van der Waals surface area contributed by atoms with E-state index in [1.807, 2.05) is 19.6 Å². The first-order valence-corrected chi connectivity index (χ1v) is 13.0. The smallest absolute Gasteiger partial charge is 0.443 e. The van der Waals surface area contributed by atoms with E-state index in [9.17, 15) is 19.6 Å². The lowest BCUT2D eigenvalue weighted by atomic mass is 9.81. The summed E-state index contributed by atoms with van der Waals surface area (Å²) >= 11 is 0. The largest absolute Gasteiger partial charge is 0.490 e. The molecule has 1 aromatic rings. The lowest BCUT2D eigenvalue weighted by Crippen LogP contribution is -2.45. The van der Waals surface area contributed by atoms with Gasteiger partial charge in [-0.3, -0.25) is 0 Å². The van der Waals surface area contributed by atoms with Crippen LogP contribution in [0.3, 0.4) is 0 Å². The number of amides is 2. The summed E-state index contributed by atoms with van der Waals surface area (Å²) in [7, 11) is -3.62. The van der Waals surface area contributed by atoms with Crippen LogP contribution in [0.5, 0.6) is 0 Å². The van der Waals surface area contributed by atoms with Crippen LogP contribution in [0.1, 0.15) is 47.1 Å². The molecule has 2 amide bonds. The van der Waals surface area contributed by atoms with E-state index in [4.69, 9.17) is 9.47 Å². The third-order valence-corrected chi connectivity index (χ3v) is 4.00. The van der Waals surface area contributed by atoms with Crippen LogP contribution in [0, 0.1) is 11.5 Å². The number of ether oxygens (including phenoxy) is 2. The van der Waals surface area contributed by atoms with Gasteiger partial charge in [0.25, 0.3) is 0 Å². The monoisotopic (exact) mass is 434 g/mol. The fraction of sp³-hybridized carbons (Fsp3) is 0.550. The van der Waals surface area contributed by atoms with E-state index in [0.29, 0.717) is 4.90 Å². The van der Waals surface area contributed by atoms with Crippen LogP contribution < -0.4 is 10.4 Å². The maximum absolute atomic E-state index is 12.9. The summed E-state index contributed by atoms with van der Waals surface area (Å²) in [5.41, 5.74) is 1.64. The Labute approximate surface area is 179 Å². The number of nitrogens with zero attached hydrogens (tertiary/aromatic N) is 2. The molecule has 1 aromatic heterocycles. The van der Waals surface area contributed by atoms with E-state index >= 15 is 0 Å². The van der Waals surface area contributed by atoms with Crippen molar-refractivity contribution in [1.29, 1.82) is 0 Å². The van der Waals surface area contributed by atoms with Crippen molar-refractivity contribution >= 4 is 38.7 Å². The van der Waals surface area contributed by atoms with Gasteiger partial charge in [0.05, 0.1) is 5.56 Å². The third kappa shape index (κ3) is 8.57. The van der Waals surface area contributed by atoms with Crippen molar-refractivity contribution in [3.8, 4) is 11.5 Å². The molecule has 164 valence electrons. The molecule has 0 fully saturated rings. The van der Waals surface area contributed by atoms with Gasteiger partial charge >= 0.3 is 19.3 Å². The second-order valence-corrected chi connectivity index (χ2v) is 14.6. The summed E-state index contributed by atoms with van der Waals surface area (Å²) in [4.78, 5) is 30.6. The van der Waals surface area contributed by atoms with E-state index in [0.717, 1.165) is 6.20 Å². The number of hydrogen-bond acceptors (Lipinski definition) is 7. The fourth-order valence-electron chi connectivity index (χ4n) is 2.00. The molecule has 0 spiro atoms. The molecular formula is C20H31BN2O6Si. The van der Waals surface area contributed by atoms with Gasteiger partial charge in [-0.1, -0.05) is 25.6 Å². The van der Waals surface area contributed by atoms with E-state index in [2.05, 4.69) is 16.4 Å². The molecule has 0 aromatic carbocycles. The van der Waals surface area contributed by atoms with Gasteiger partial charge in [0.15, 0.2) is 5.82 Å². The summed E-state index contributed by atoms with van der Waals surface area (Å²) < 4.78 is 10.8. The summed E-state index contributed by atoms with van der Waals surface area (Å²) in [5.74, 6) is 2.83. The highest BCUT2D eigenvalue weighted by Gasteiger charge is 2.35. The molecule has 0 aliphatic rings. The van der Waals surface area contributed by atoms with Crippen LogP contribution in [0.15, 0.2) is 12.3 Å². The van der Waals surface area contributed by atoms with Crippen molar-refractivity contribution in [2.75, 3.05) is 4.90 Å². The molecule has 0 bridgehead atoms. The Morgan fingerprint density at radius 1 is 1.03 bits per heavy atom. The number of rotatable bonds is 2. The van der Waals surface area contributed by atoms with Gasteiger partial charge in [0.1, 0.15) is 19.3 Å². The molecule has 0 saturated heterocycles. The number of carbonyl (C=O) groups excluding carboxylic acids is 2. The van der Waals surface area contributed by atoms with E-state index in [1.165, 1.54) is 6.07 Å². The maximum Gasteiger partial charge on any atom is 0.490 e. The molecule has 0 unspecified atom stereocenters. The van der Waals surface area contributed by atoms with Crippen LogP contribution in [0.2, 0.25) is 19.6 Å². The van der Waals surface area contributed by atoms with Gasteiger partial charge in [0, 0.05) is 11.7 Å². The molecule has 8 nitrogen and oxygen atoms in total. The van der Waals surface area contributed by atoms with Crippen LogP contribution in [-0.2, 0) is 9.47 Å². The van der Waals surface area contributed by atoms with Gasteiger partial charge in [-0.2, -0.15) is 4.90 Å². The first kappa shape index (κ1) is 25.7. The van der Waals surface area contributed by atoms with E-state index in [-0.39, 0.29) is 16.8 Å². The molecule has 2 N–H and O–H groups in total. The first-order valence-electron chi connectivity index (χ1n) is 9.55. The predicted octanol–water partition coefficient (Wildman–Crippen LogP) is 2.67. The van der Waals surface area contributed by atoms with Crippen molar-refractivity contribution in [2.45, 2.75) is 72.4 Å². The normalized spacial score (nSPS) is 11.8. The Hall–Kier alpha value is -2.35. The molecule has 1 rings (SSSR count). The second kappa shape index (κ2) is 9.20. The molecule has 10 heteroatoms. The minimum atomic E-state index is -1.84. The number of carbonyl (C=O) groups is 2. The van der Waals surface area contributed by atoms with Crippen LogP contribution in [0.25, 0.3) is 0 Å². The minimum absolute atomic E-state index is 0.0759. The average molecular weight is 434 g/mol. The Bertz CT molecular complexity index is 829. The van der Waals surface area contributed by atoms with Gasteiger partial charge in [-0.15, -0.1) is 5.54 Å². The van der Waals surface area contributed by atoms with Crippen LogP contribution in [-0.4, -0.2) is 53.6 Å². The molecule has 0 saturated carbocycles. The number of pyridine rings is 1. The summed E-state index contributed by atoms with van der Waals surface area (Å²) in [6.07, 6.45) is -0.795. The zero-order valence-electron chi connectivity index (χ0n) is 19.2. The highest BCUT2D eigenvalue weighted by molar-refractivity contribution is 6.83. The minimum Gasteiger partial charge on any atom is -0.443 e. The van der Waals surface area contributed by atoms with Crippen LogP contribution >= 0.6 is 0 Å². The Morgan fingerprint density at radius 2 is 1.50 bits per heavy atom. The zero-order valence-corrected chi connectivity index (χ0v) is 20.2. The fourth-order valence-corrected chi connectivity index (χ4v) is 2.51. The Morgan fingerprint density at radius 3 is 1.87 bits per heavy atom. The topological polar surface area (TPSA) is 109 Å². The molecule has 30 heavy (non-hydrogen) atoms. The highest BCUT2D eigenvalue weighted by Crippen LogP contribution is 2.23. The Balaban J connectivity index is 3.65. The van der Waals surface area contributed by atoms with E-state index in [1.54, 1.807) is 41.5 Å². The zero-order chi connectivity index (χ0) is 23.5. The van der Waals surface area contributed by atoms with Gasteiger partial charge in [0.2, 0.25) is 0 Å².